The van der Waals surface area contributed by atoms with Crippen molar-refractivity contribution in [1.82, 2.24) is 0 Å². The van der Waals surface area contributed by atoms with Crippen LogP contribution in [0.1, 0.15) is 15.9 Å². The van der Waals surface area contributed by atoms with Gasteiger partial charge in [-0.1, -0.05) is 23.7 Å². The largest absolute Gasteiger partial charge is 0.398 e. The van der Waals surface area contributed by atoms with Gasteiger partial charge in [-0.05, 0) is 36.8 Å². The van der Waals surface area contributed by atoms with Crippen LogP contribution in [0, 0.1) is 12.7 Å². The molecule has 0 bridgehead atoms. The van der Waals surface area contributed by atoms with Crippen molar-refractivity contribution in [3.05, 3.63) is 58.4 Å². The number of hydrogen-bond donors (Lipinski definition) is 2. The Labute approximate surface area is 115 Å². The van der Waals surface area contributed by atoms with Crippen LogP contribution in [0.2, 0.25) is 5.02 Å². The molecule has 0 aliphatic carbocycles. The lowest BCUT2D eigenvalue weighted by Gasteiger charge is -2.10. The quantitative estimate of drug-likeness (QED) is 0.824. The van der Waals surface area contributed by atoms with Crippen molar-refractivity contribution < 1.29 is 9.18 Å². The highest BCUT2D eigenvalue weighted by atomic mass is 35.5. The van der Waals surface area contributed by atoms with Crippen molar-refractivity contribution in [1.29, 1.82) is 0 Å². The molecule has 0 heterocycles. The number of nitrogen functional groups attached to an aromatic ring is 1. The van der Waals surface area contributed by atoms with Crippen LogP contribution in [0.5, 0.6) is 0 Å². The average molecular weight is 279 g/mol. The molecule has 0 saturated carbocycles. The first-order chi connectivity index (χ1) is 9.00. The molecule has 1 amide bonds. The monoisotopic (exact) mass is 278 g/mol. The van der Waals surface area contributed by atoms with Crippen molar-refractivity contribution in [2.75, 3.05) is 11.1 Å². The predicted octanol–water partition coefficient (Wildman–Crippen LogP) is 3.62. The number of benzene rings is 2. The lowest BCUT2D eigenvalue weighted by Crippen LogP contribution is -2.15. The van der Waals surface area contributed by atoms with E-state index in [4.69, 9.17) is 17.3 Å². The Morgan fingerprint density at radius 2 is 1.95 bits per heavy atom. The van der Waals surface area contributed by atoms with Crippen LogP contribution in [-0.4, -0.2) is 5.91 Å². The summed E-state index contributed by atoms with van der Waals surface area (Å²) >= 11 is 5.64. The molecule has 2 aromatic carbocycles. The number of nitrogens with two attached hydrogens (primary N) is 1. The zero-order chi connectivity index (χ0) is 14.0. The summed E-state index contributed by atoms with van der Waals surface area (Å²) in [6.45, 7) is 1.78. The average Bonchev–Trinajstić information content (AvgIpc) is 2.38. The summed E-state index contributed by atoms with van der Waals surface area (Å²) < 4.78 is 13.7. The van der Waals surface area contributed by atoms with Crippen LogP contribution in [0.3, 0.4) is 0 Å². The number of hydrogen-bond acceptors (Lipinski definition) is 2. The Hall–Kier alpha value is -2.07. The third kappa shape index (κ3) is 2.69. The molecule has 0 spiro atoms. The fraction of sp³-hybridized carbons (Fsp3) is 0.0714. The van der Waals surface area contributed by atoms with Gasteiger partial charge in [0.25, 0.3) is 5.91 Å². The zero-order valence-electron chi connectivity index (χ0n) is 10.2. The second kappa shape index (κ2) is 5.28. The number of carbonyl (C=O) groups is 1. The fourth-order valence-corrected chi connectivity index (χ4v) is 1.83. The highest BCUT2D eigenvalue weighted by molar-refractivity contribution is 6.31. The SMILES string of the molecule is Cc1c(N)cccc1NC(=O)c1cccc(Cl)c1F. The van der Waals surface area contributed by atoms with Gasteiger partial charge in [0.05, 0.1) is 10.6 Å². The summed E-state index contributed by atoms with van der Waals surface area (Å²) in [7, 11) is 0. The summed E-state index contributed by atoms with van der Waals surface area (Å²) in [4.78, 5) is 12.0. The summed E-state index contributed by atoms with van der Waals surface area (Å²) in [5.41, 5.74) is 7.48. The molecule has 0 aromatic heterocycles. The van der Waals surface area contributed by atoms with E-state index >= 15 is 0 Å². The Bertz CT molecular complexity index is 643. The summed E-state index contributed by atoms with van der Waals surface area (Å²) in [5.74, 6) is -1.29. The maximum absolute atomic E-state index is 13.7. The van der Waals surface area contributed by atoms with Gasteiger partial charge in [0.1, 0.15) is 0 Å². The van der Waals surface area contributed by atoms with Crippen LogP contribution < -0.4 is 11.1 Å². The third-order valence-electron chi connectivity index (χ3n) is 2.82. The van der Waals surface area contributed by atoms with Gasteiger partial charge in [0.15, 0.2) is 5.82 Å². The molecule has 2 rings (SSSR count). The second-order valence-corrected chi connectivity index (χ2v) is 4.48. The summed E-state index contributed by atoms with van der Waals surface area (Å²) in [5, 5.41) is 2.53. The minimum atomic E-state index is -0.733. The van der Waals surface area contributed by atoms with E-state index in [1.54, 1.807) is 25.1 Å². The van der Waals surface area contributed by atoms with Gasteiger partial charge in [0.2, 0.25) is 0 Å². The number of anilines is 2. The van der Waals surface area contributed by atoms with Gasteiger partial charge in [-0.2, -0.15) is 0 Å². The van der Waals surface area contributed by atoms with Gasteiger partial charge in [0, 0.05) is 11.4 Å². The molecule has 0 unspecified atom stereocenters. The van der Waals surface area contributed by atoms with Crippen LogP contribution in [0.15, 0.2) is 36.4 Å². The molecule has 2 aromatic rings. The van der Waals surface area contributed by atoms with Crippen molar-refractivity contribution >= 4 is 28.9 Å². The number of amides is 1. The molecule has 19 heavy (non-hydrogen) atoms. The molecule has 0 aliphatic rings. The first-order valence-electron chi connectivity index (χ1n) is 5.61. The number of nitrogens with one attached hydrogen (secondary N) is 1. The van der Waals surface area contributed by atoms with E-state index in [0.29, 0.717) is 11.4 Å². The minimum absolute atomic E-state index is 0.0862. The van der Waals surface area contributed by atoms with E-state index in [1.807, 2.05) is 0 Å². The van der Waals surface area contributed by atoms with E-state index in [-0.39, 0.29) is 10.6 Å². The van der Waals surface area contributed by atoms with Gasteiger partial charge < -0.3 is 11.1 Å². The first-order valence-corrected chi connectivity index (χ1v) is 5.99. The number of halogens is 2. The molecule has 98 valence electrons. The van der Waals surface area contributed by atoms with E-state index in [0.717, 1.165) is 5.56 Å². The topological polar surface area (TPSA) is 55.1 Å². The Kier molecular flexibility index (Phi) is 3.71. The van der Waals surface area contributed by atoms with Crippen molar-refractivity contribution in [2.45, 2.75) is 6.92 Å². The number of carbonyl (C=O) groups excluding carboxylic acids is 1. The minimum Gasteiger partial charge on any atom is -0.398 e. The smallest absolute Gasteiger partial charge is 0.258 e. The molecule has 0 atom stereocenters. The third-order valence-corrected chi connectivity index (χ3v) is 3.11. The Balaban J connectivity index is 2.31. The molecule has 3 nitrogen and oxygen atoms in total. The highest BCUT2D eigenvalue weighted by Gasteiger charge is 2.15. The fourth-order valence-electron chi connectivity index (χ4n) is 1.66. The van der Waals surface area contributed by atoms with E-state index in [2.05, 4.69) is 5.32 Å². The standard InChI is InChI=1S/C14H12ClFN2O/c1-8-11(17)6-3-7-12(8)18-14(19)9-4-2-5-10(15)13(9)16/h2-7H,17H2,1H3,(H,18,19). The zero-order valence-corrected chi connectivity index (χ0v) is 11.0. The number of rotatable bonds is 2. The normalized spacial score (nSPS) is 10.3. The molecular formula is C14H12ClFN2O. The molecular weight excluding hydrogens is 267 g/mol. The van der Waals surface area contributed by atoms with E-state index < -0.39 is 11.7 Å². The van der Waals surface area contributed by atoms with Gasteiger partial charge >= 0.3 is 0 Å². The lowest BCUT2D eigenvalue weighted by molar-refractivity contribution is 0.102. The molecule has 3 N–H and O–H groups in total. The van der Waals surface area contributed by atoms with E-state index in [1.165, 1.54) is 18.2 Å². The van der Waals surface area contributed by atoms with Crippen LogP contribution in [-0.2, 0) is 0 Å². The molecule has 0 radical (unpaired) electrons. The predicted molar refractivity (Wildman–Crippen MR) is 75.0 cm³/mol. The maximum Gasteiger partial charge on any atom is 0.258 e. The Morgan fingerprint density at radius 1 is 1.26 bits per heavy atom. The van der Waals surface area contributed by atoms with Gasteiger partial charge in [-0.15, -0.1) is 0 Å². The molecule has 5 heteroatoms. The summed E-state index contributed by atoms with van der Waals surface area (Å²) in [6, 6.07) is 9.42. The van der Waals surface area contributed by atoms with Crippen LogP contribution in [0.4, 0.5) is 15.8 Å². The van der Waals surface area contributed by atoms with E-state index in [9.17, 15) is 9.18 Å². The van der Waals surface area contributed by atoms with Crippen molar-refractivity contribution in [2.24, 2.45) is 0 Å². The first kappa shape index (κ1) is 13.4. The van der Waals surface area contributed by atoms with Crippen molar-refractivity contribution in [3.63, 3.8) is 0 Å². The van der Waals surface area contributed by atoms with Crippen LogP contribution >= 0.6 is 11.6 Å². The summed E-state index contributed by atoms with van der Waals surface area (Å²) in [6.07, 6.45) is 0. The van der Waals surface area contributed by atoms with Gasteiger partial charge in [-0.3, -0.25) is 4.79 Å². The lowest BCUT2D eigenvalue weighted by atomic mass is 10.1. The van der Waals surface area contributed by atoms with Crippen molar-refractivity contribution in [3.8, 4) is 0 Å². The highest BCUT2D eigenvalue weighted by Crippen LogP contribution is 2.23. The van der Waals surface area contributed by atoms with Crippen LogP contribution in [0.25, 0.3) is 0 Å². The molecule has 0 saturated heterocycles. The second-order valence-electron chi connectivity index (χ2n) is 4.08. The Morgan fingerprint density at radius 3 is 2.68 bits per heavy atom. The maximum atomic E-state index is 13.7. The molecule has 0 fully saturated rings. The molecule has 0 aliphatic heterocycles. The van der Waals surface area contributed by atoms with Gasteiger partial charge in [-0.25, -0.2) is 4.39 Å².